The largest absolute Gasteiger partial charge is 0.314 e. The van der Waals surface area contributed by atoms with E-state index in [9.17, 15) is 4.39 Å². The van der Waals surface area contributed by atoms with E-state index in [1.54, 1.807) is 12.1 Å². The highest BCUT2D eigenvalue weighted by Gasteiger charge is 2.27. The zero-order chi connectivity index (χ0) is 13.0. The molecule has 0 heterocycles. The van der Waals surface area contributed by atoms with Crippen molar-refractivity contribution in [1.29, 1.82) is 0 Å². The molecule has 100 valence electrons. The van der Waals surface area contributed by atoms with Gasteiger partial charge >= 0.3 is 0 Å². The zero-order valence-electron chi connectivity index (χ0n) is 10.9. The molecule has 2 unspecified atom stereocenters. The quantitative estimate of drug-likeness (QED) is 0.854. The van der Waals surface area contributed by atoms with Crippen LogP contribution in [0.15, 0.2) is 22.7 Å². The van der Waals surface area contributed by atoms with E-state index in [0.29, 0.717) is 12.0 Å². The van der Waals surface area contributed by atoms with Gasteiger partial charge in [-0.1, -0.05) is 29.3 Å². The van der Waals surface area contributed by atoms with E-state index in [-0.39, 0.29) is 5.82 Å². The molecule has 1 fully saturated rings. The summed E-state index contributed by atoms with van der Waals surface area (Å²) >= 11 is 3.42. The molecule has 1 N–H and O–H groups in total. The van der Waals surface area contributed by atoms with E-state index in [2.05, 4.69) is 28.2 Å². The van der Waals surface area contributed by atoms with E-state index in [1.807, 2.05) is 6.07 Å². The second-order valence-electron chi connectivity index (χ2n) is 5.19. The number of nitrogens with one attached hydrogen (secondary N) is 1. The minimum atomic E-state index is -0.0701. The molecular formula is C15H21BrFN. The predicted octanol–water partition coefficient (Wildman–Crippen LogP) is 4.30. The summed E-state index contributed by atoms with van der Waals surface area (Å²) in [5.41, 5.74) is 0.847. The Bertz CT molecular complexity index is 394. The Morgan fingerprint density at radius 3 is 3.00 bits per heavy atom. The molecule has 0 aliphatic heterocycles. The van der Waals surface area contributed by atoms with Crippen LogP contribution in [0.25, 0.3) is 0 Å². The van der Waals surface area contributed by atoms with Gasteiger partial charge in [0.1, 0.15) is 5.82 Å². The third-order valence-corrected chi connectivity index (χ3v) is 4.30. The fourth-order valence-corrected chi connectivity index (χ4v) is 3.27. The molecule has 2 rings (SSSR count). The van der Waals surface area contributed by atoms with E-state index in [1.165, 1.54) is 19.3 Å². The van der Waals surface area contributed by atoms with Gasteiger partial charge in [0.25, 0.3) is 0 Å². The molecule has 3 heteroatoms. The summed E-state index contributed by atoms with van der Waals surface area (Å²) in [6, 6.07) is 5.82. The van der Waals surface area contributed by atoms with E-state index >= 15 is 0 Å². The highest BCUT2D eigenvalue weighted by atomic mass is 79.9. The number of benzene rings is 1. The fraction of sp³-hybridized carbons (Fsp3) is 0.600. The Labute approximate surface area is 117 Å². The minimum Gasteiger partial charge on any atom is -0.314 e. The van der Waals surface area contributed by atoms with Crippen molar-refractivity contribution in [2.24, 2.45) is 5.92 Å². The fourth-order valence-electron chi connectivity index (χ4n) is 2.86. The lowest BCUT2D eigenvalue weighted by molar-refractivity contribution is 0.394. The van der Waals surface area contributed by atoms with Crippen molar-refractivity contribution in [3.05, 3.63) is 34.1 Å². The van der Waals surface area contributed by atoms with Crippen LogP contribution in [-0.2, 0) is 6.42 Å². The minimum absolute atomic E-state index is 0.0701. The maximum Gasteiger partial charge on any atom is 0.126 e. The van der Waals surface area contributed by atoms with Crippen LogP contribution in [0, 0.1) is 11.7 Å². The summed E-state index contributed by atoms with van der Waals surface area (Å²) in [5, 5.41) is 3.60. The van der Waals surface area contributed by atoms with Crippen LogP contribution in [0.5, 0.6) is 0 Å². The first-order valence-electron chi connectivity index (χ1n) is 6.88. The van der Waals surface area contributed by atoms with Crippen LogP contribution < -0.4 is 5.32 Å². The molecule has 1 aliphatic carbocycles. The van der Waals surface area contributed by atoms with Gasteiger partial charge in [0.15, 0.2) is 0 Å². The third-order valence-electron chi connectivity index (χ3n) is 3.81. The second kappa shape index (κ2) is 6.67. The summed E-state index contributed by atoms with van der Waals surface area (Å²) in [6.45, 7) is 3.26. The van der Waals surface area contributed by atoms with Crippen molar-refractivity contribution in [1.82, 2.24) is 5.32 Å². The van der Waals surface area contributed by atoms with Crippen LogP contribution in [0.1, 0.15) is 38.2 Å². The number of hydrogen-bond acceptors (Lipinski definition) is 1. The lowest BCUT2D eigenvalue weighted by Gasteiger charge is -2.21. The van der Waals surface area contributed by atoms with Crippen LogP contribution in [-0.4, -0.2) is 12.6 Å². The molecule has 18 heavy (non-hydrogen) atoms. The first-order chi connectivity index (χ1) is 8.70. The van der Waals surface area contributed by atoms with Crippen LogP contribution in [0.4, 0.5) is 4.39 Å². The molecule has 0 bridgehead atoms. The van der Waals surface area contributed by atoms with Gasteiger partial charge in [0.2, 0.25) is 0 Å². The molecule has 0 saturated heterocycles. The summed E-state index contributed by atoms with van der Waals surface area (Å²) in [7, 11) is 0. The van der Waals surface area contributed by atoms with Gasteiger partial charge in [-0.05, 0) is 61.9 Å². The zero-order valence-corrected chi connectivity index (χ0v) is 12.5. The summed E-state index contributed by atoms with van der Waals surface area (Å²) in [5.74, 6) is 0.514. The molecule has 1 aliphatic rings. The first kappa shape index (κ1) is 14.0. The van der Waals surface area contributed by atoms with Crippen molar-refractivity contribution in [3.63, 3.8) is 0 Å². The van der Waals surface area contributed by atoms with Gasteiger partial charge in [-0.15, -0.1) is 0 Å². The molecule has 1 aromatic carbocycles. The topological polar surface area (TPSA) is 12.0 Å². The summed E-state index contributed by atoms with van der Waals surface area (Å²) < 4.78 is 14.7. The van der Waals surface area contributed by atoms with Crippen LogP contribution >= 0.6 is 15.9 Å². The maximum absolute atomic E-state index is 13.8. The van der Waals surface area contributed by atoms with Crippen molar-refractivity contribution in [3.8, 4) is 0 Å². The summed E-state index contributed by atoms with van der Waals surface area (Å²) in [4.78, 5) is 0. The van der Waals surface area contributed by atoms with Gasteiger partial charge in [-0.25, -0.2) is 4.39 Å². The Morgan fingerprint density at radius 2 is 2.22 bits per heavy atom. The number of halogens is 2. The van der Waals surface area contributed by atoms with Gasteiger partial charge in [0, 0.05) is 10.5 Å². The Hall–Kier alpha value is -0.410. The lowest BCUT2D eigenvalue weighted by Crippen LogP contribution is -2.34. The first-order valence-corrected chi connectivity index (χ1v) is 7.67. The van der Waals surface area contributed by atoms with Gasteiger partial charge in [-0.3, -0.25) is 0 Å². The number of hydrogen-bond donors (Lipinski definition) is 1. The van der Waals surface area contributed by atoms with Crippen LogP contribution in [0.2, 0.25) is 0 Å². The predicted molar refractivity (Wildman–Crippen MR) is 77.2 cm³/mol. The molecule has 0 radical (unpaired) electrons. The highest BCUT2D eigenvalue weighted by molar-refractivity contribution is 9.10. The number of rotatable bonds is 5. The standard InChI is InChI=1S/C15H21BrFN/c1-2-8-18-15-5-3-4-11(15)9-12-10-13(16)6-7-14(12)17/h6-7,10-11,15,18H,2-5,8-9H2,1H3. The van der Waals surface area contributed by atoms with E-state index in [4.69, 9.17) is 0 Å². The van der Waals surface area contributed by atoms with Crippen LogP contribution in [0.3, 0.4) is 0 Å². The molecule has 0 spiro atoms. The molecule has 0 aromatic heterocycles. The lowest BCUT2D eigenvalue weighted by atomic mass is 9.94. The second-order valence-corrected chi connectivity index (χ2v) is 6.11. The average molecular weight is 314 g/mol. The molecule has 1 aromatic rings. The third kappa shape index (κ3) is 3.55. The smallest absolute Gasteiger partial charge is 0.126 e. The molecular weight excluding hydrogens is 293 g/mol. The van der Waals surface area contributed by atoms with Crippen molar-refractivity contribution < 1.29 is 4.39 Å². The maximum atomic E-state index is 13.8. The van der Waals surface area contributed by atoms with Crippen molar-refractivity contribution >= 4 is 15.9 Å². The summed E-state index contributed by atoms with van der Waals surface area (Å²) in [6.07, 6.45) is 5.73. The van der Waals surface area contributed by atoms with Crippen molar-refractivity contribution in [2.75, 3.05) is 6.54 Å². The molecule has 0 amide bonds. The van der Waals surface area contributed by atoms with E-state index < -0.39 is 0 Å². The Balaban J connectivity index is 2.01. The average Bonchev–Trinajstić information content (AvgIpc) is 2.79. The van der Waals surface area contributed by atoms with Gasteiger partial charge < -0.3 is 5.32 Å². The van der Waals surface area contributed by atoms with E-state index in [0.717, 1.165) is 29.4 Å². The van der Waals surface area contributed by atoms with Gasteiger partial charge in [-0.2, -0.15) is 0 Å². The monoisotopic (exact) mass is 313 g/mol. The highest BCUT2D eigenvalue weighted by Crippen LogP contribution is 2.30. The molecule has 2 atom stereocenters. The normalized spacial score (nSPS) is 23.5. The molecule has 1 saturated carbocycles. The van der Waals surface area contributed by atoms with Crippen molar-refractivity contribution in [2.45, 2.75) is 45.1 Å². The Morgan fingerprint density at radius 1 is 1.39 bits per heavy atom. The molecule has 1 nitrogen and oxygen atoms in total. The van der Waals surface area contributed by atoms with Gasteiger partial charge in [0.05, 0.1) is 0 Å². The Kier molecular flexibility index (Phi) is 5.19. The SMILES string of the molecule is CCCNC1CCCC1Cc1cc(Br)ccc1F.